The van der Waals surface area contributed by atoms with Gasteiger partial charge < -0.3 is 18.8 Å². The second-order valence-electron chi connectivity index (χ2n) is 13.0. The number of piperidine rings is 2. The van der Waals surface area contributed by atoms with Crippen LogP contribution in [-0.2, 0) is 24.3 Å². The zero-order valence-electron chi connectivity index (χ0n) is 25.2. The van der Waals surface area contributed by atoms with Gasteiger partial charge in [0, 0.05) is 81.2 Å². The largest absolute Gasteiger partial charge is 0.496 e. The van der Waals surface area contributed by atoms with E-state index >= 15 is 0 Å². The second kappa shape index (κ2) is 12.2. The highest BCUT2D eigenvalue weighted by Crippen LogP contribution is 2.36. The van der Waals surface area contributed by atoms with Crippen LogP contribution in [0.3, 0.4) is 0 Å². The minimum absolute atomic E-state index is 0.0680. The quantitative estimate of drug-likeness (QED) is 0.316. The van der Waals surface area contributed by atoms with E-state index in [9.17, 15) is 14.4 Å². The molecule has 10 nitrogen and oxygen atoms in total. The Morgan fingerprint density at radius 1 is 0.864 bits per heavy atom. The van der Waals surface area contributed by atoms with Crippen LogP contribution in [-0.4, -0.2) is 77.4 Å². The number of ether oxygens (including phenoxy) is 1. The highest BCUT2D eigenvalue weighted by Gasteiger charge is 2.36. The van der Waals surface area contributed by atoms with Crippen molar-refractivity contribution in [2.45, 2.75) is 44.2 Å². The predicted molar refractivity (Wildman–Crippen MR) is 168 cm³/mol. The molecule has 4 unspecified atom stereocenters. The van der Waals surface area contributed by atoms with Crippen molar-refractivity contribution >= 4 is 12.1 Å². The van der Waals surface area contributed by atoms with Crippen LogP contribution in [0.4, 0.5) is 0 Å². The van der Waals surface area contributed by atoms with E-state index in [1.165, 1.54) is 5.69 Å². The highest BCUT2D eigenvalue weighted by atomic mass is 16.5. The summed E-state index contributed by atoms with van der Waals surface area (Å²) < 4.78 is 9.55. The molecule has 0 radical (unpaired) electrons. The SMILES string of the molecule is COc1ccc(C=NNC(=O)CN2CC3CC(C2)c2cccc(=O)n2C3)cc1CCN1CC2CC(C1)c1cccc(=O)n1C2. The van der Waals surface area contributed by atoms with Gasteiger partial charge in [0.25, 0.3) is 17.0 Å². The number of likely N-dealkylation sites (tertiary alicyclic amines) is 2. The smallest absolute Gasteiger partial charge is 0.254 e. The number of nitrogens with one attached hydrogen (secondary N) is 1. The molecule has 230 valence electrons. The average molecular weight is 597 g/mol. The molecule has 4 aliphatic rings. The maximum absolute atomic E-state index is 12.8. The number of benzene rings is 1. The summed E-state index contributed by atoms with van der Waals surface area (Å²) in [6, 6.07) is 17.2. The number of rotatable bonds is 8. The van der Waals surface area contributed by atoms with Gasteiger partial charge >= 0.3 is 0 Å². The molecule has 6 heterocycles. The van der Waals surface area contributed by atoms with Crippen LogP contribution in [0.15, 0.2) is 69.3 Å². The first-order chi connectivity index (χ1) is 21.4. The Bertz CT molecular complexity index is 1700. The second-order valence-corrected chi connectivity index (χ2v) is 13.0. The van der Waals surface area contributed by atoms with Gasteiger partial charge in [-0.3, -0.25) is 19.3 Å². The lowest BCUT2D eigenvalue weighted by atomic mass is 9.83. The Morgan fingerprint density at radius 3 is 2.16 bits per heavy atom. The van der Waals surface area contributed by atoms with Crippen molar-refractivity contribution < 1.29 is 9.53 Å². The van der Waals surface area contributed by atoms with Crippen molar-refractivity contribution in [2.24, 2.45) is 16.9 Å². The normalized spacial score (nSPS) is 24.5. The Labute approximate surface area is 256 Å². The lowest BCUT2D eigenvalue weighted by molar-refractivity contribution is -0.122. The number of carbonyl (C=O) groups excluding carboxylic acids is 1. The first-order valence-electron chi connectivity index (χ1n) is 15.8. The van der Waals surface area contributed by atoms with Crippen molar-refractivity contribution in [3.63, 3.8) is 0 Å². The summed E-state index contributed by atoms with van der Waals surface area (Å²) in [5.41, 5.74) is 7.15. The van der Waals surface area contributed by atoms with Gasteiger partial charge in [-0.2, -0.15) is 5.10 Å². The van der Waals surface area contributed by atoms with E-state index in [1.54, 1.807) is 25.5 Å². The number of aromatic nitrogens is 2. The fraction of sp³-hybridized carbons (Fsp3) is 0.471. The molecule has 4 bridgehead atoms. The molecule has 4 aliphatic heterocycles. The molecule has 2 aromatic heterocycles. The van der Waals surface area contributed by atoms with Crippen molar-refractivity contribution in [1.82, 2.24) is 24.4 Å². The van der Waals surface area contributed by atoms with Crippen LogP contribution in [0.2, 0.25) is 0 Å². The molecule has 0 spiro atoms. The van der Waals surface area contributed by atoms with Crippen LogP contribution < -0.4 is 21.3 Å². The number of hydrogen-bond donors (Lipinski definition) is 1. The molecule has 1 N–H and O–H groups in total. The predicted octanol–water partition coefficient (Wildman–Crippen LogP) is 2.25. The molecular weight excluding hydrogens is 556 g/mol. The van der Waals surface area contributed by atoms with E-state index in [1.807, 2.05) is 39.5 Å². The molecule has 4 atom stereocenters. The Hall–Kier alpha value is -4.02. The van der Waals surface area contributed by atoms with Gasteiger partial charge in [0.05, 0.1) is 19.9 Å². The molecule has 2 fully saturated rings. The van der Waals surface area contributed by atoms with Gasteiger partial charge in [0.1, 0.15) is 5.75 Å². The summed E-state index contributed by atoms with van der Waals surface area (Å²) in [5.74, 6) is 2.25. The number of carbonyl (C=O) groups is 1. The molecule has 3 aromatic rings. The number of hydrogen-bond acceptors (Lipinski definition) is 7. The summed E-state index contributed by atoms with van der Waals surface area (Å²) in [6.45, 7) is 6.24. The van der Waals surface area contributed by atoms with E-state index in [-0.39, 0.29) is 29.5 Å². The van der Waals surface area contributed by atoms with Crippen LogP contribution in [0.1, 0.15) is 47.2 Å². The number of methoxy groups -OCH3 is 1. The number of nitrogens with zero attached hydrogens (tertiary/aromatic N) is 5. The van der Waals surface area contributed by atoms with Crippen LogP contribution >= 0.6 is 0 Å². The van der Waals surface area contributed by atoms with E-state index in [2.05, 4.69) is 32.5 Å². The van der Waals surface area contributed by atoms with Crippen LogP contribution in [0.25, 0.3) is 0 Å². The highest BCUT2D eigenvalue weighted by molar-refractivity contribution is 5.83. The summed E-state index contributed by atoms with van der Waals surface area (Å²) in [6.07, 6.45) is 4.74. The maximum Gasteiger partial charge on any atom is 0.254 e. The van der Waals surface area contributed by atoms with E-state index in [4.69, 9.17) is 4.74 Å². The topological polar surface area (TPSA) is 101 Å². The molecule has 0 saturated carbocycles. The standard InChI is InChI=1S/C34H40N6O4/c1-44-31-9-8-23(12-26(31)10-11-37-16-24-13-27(20-37)29-4-2-6-33(42)39(29)18-24)15-35-36-32(41)22-38-17-25-14-28(21-38)30-5-3-7-34(43)40(30)19-25/h2-9,12,15,24-25,27-28H,10-11,13-14,16-22H2,1H3,(H,36,41). The number of hydrazone groups is 1. The molecule has 1 amide bonds. The van der Waals surface area contributed by atoms with Crippen LogP contribution in [0, 0.1) is 11.8 Å². The fourth-order valence-corrected chi connectivity index (χ4v) is 8.07. The van der Waals surface area contributed by atoms with Crippen molar-refractivity contribution in [2.75, 3.05) is 46.4 Å². The third-order valence-corrected chi connectivity index (χ3v) is 9.88. The van der Waals surface area contributed by atoms with Gasteiger partial charge in [-0.1, -0.05) is 12.1 Å². The molecule has 44 heavy (non-hydrogen) atoms. The molecule has 1 aromatic carbocycles. The third-order valence-electron chi connectivity index (χ3n) is 9.88. The zero-order valence-corrected chi connectivity index (χ0v) is 25.2. The first kappa shape index (κ1) is 28.7. The van der Waals surface area contributed by atoms with Gasteiger partial charge in [-0.15, -0.1) is 0 Å². The minimum atomic E-state index is -0.139. The van der Waals surface area contributed by atoms with Crippen molar-refractivity contribution in [3.05, 3.63) is 97.8 Å². The number of amides is 1. The molecule has 2 saturated heterocycles. The molecule has 10 heteroatoms. The lowest BCUT2D eigenvalue weighted by Crippen LogP contribution is -2.49. The summed E-state index contributed by atoms with van der Waals surface area (Å²) in [4.78, 5) is 42.1. The van der Waals surface area contributed by atoms with Crippen molar-refractivity contribution in [1.29, 1.82) is 0 Å². The third kappa shape index (κ3) is 5.88. The van der Waals surface area contributed by atoms with Gasteiger partial charge in [-0.25, -0.2) is 5.43 Å². The van der Waals surface area contributed by atoms with E-state index in [0.717, 1.165) is 87.6 Å². The van der Waals surface area contributed by atoms with E-state index < -0.39 is 0 Å². The van der Waals surface area contributed by atoms with Crippen LogP contribution in [0.5, 0.6) is 5.75 Å². The summed E-state index contributed by atoms with van der Waals surface area (Å²) in [7, 11) is 1.69. The first-order valence-corrected chi connectivity index (χ1v) is 15.8. The molecule has 7 rings (SSSR count). The summed E-state index contributed by atoms with van der Waals surface area (Å²) in [5, 5.41) is 4.26. The zero-order chi connectivity index (χ0) is 30.2. The van der Waals surface area contributed by atoms with Gasteiger partial charge in [0.2, 0.25) is 0 Å². The lowest BCUT2D eigenvalue weighted by Gasteiger charge is -2.42. The Kier molecular flexibility index (Phi) is 7.95. The monoisotopic (exact) mass is 596 g/mol. The van der Waals surface area contributed by atoms with E-state index in [0.29, 0.717) is 17.8 Å². The average Bonchev–Trinajstić information content (AvgIpc) is 3.01. The number of fused-ring (bicyclic) bond motifs is 8. The fourth-order valence-electron chi connectivity index (χ4n) is 8.07. The van der Waals surface area contributed by atoms with Gasteiger partial charge in [0.15, 0.2) is 0 Å². The van der Waals surface area contributed by atoms with Gasteiger partial charge in [-0.05, 0) is 72.6 Å². The molecule has 0 aliphatic carbocycles. The Morgan fingerprint density at radius 2 is 1.50 bits per heavy atom. The maximum atomic E-state index is 12.8. The minimum Gasteiger partial charge on any atom is -0.496 e. The molecular formula is C34H40N6O4. The summed E-state index contributed by atoms with van der Waals surface area (Å²) >= 11 is 0. The Balaban J connectivity index is 0.937. The van der Waals surface area contributed by atoms with Crippen molar-refractivity contribution in [3.8, 4) is 5.75 Å². The number of pyridine rings is 2.